The highest BCUT2D eigenvalue weighted by Gasteiger charge is 2.17. The van der Waals surface area contributed by atoms with Crippen LogP contribution in [0.15, 0.2) is 36.4 Å². The SMILES string of the molecule is CCOc1cc(-c2[nH]c3ccc(I)cc3c2CC(=O)O)ccc1OC. The van der Waals surface area contributed by atoms with Crippen LogP contribution in [-0.2, 0) is 11.2 Å². The first-order chi connectivity index (χ1) is 12.0. The van der Waals surface area contributed by atoms with Crippen molar-refractivity contribution in [1.82, 2.24) is 4.98 Å². The zero-order valence-electron chi connectivity index (χ0n) is 13.9. The lowest BCUT2D eigenvalue weighted by molar-refractivity contribution is -0.136. The highest BCUT2D eigenvalue weighted by atomic mass is 127. The second kappa shape index (κ2) is 7.35. The average molecular weight is 451 g/mol. The van der Waals surface area contributed by atoms with E-state index in [2.05, 4.69) is 27.6 Å². The van der Waals surface area contributed by atoms with Gasteiger partial charge in [-0.15, -0.1) is 0 Å². The molecular weight excluding hydrogens is 433 g/mol. The van der Waals surface area contributed by atoms with Gasteiger partial charge in [0.2, 0.25) is 0 Å². The Bertz CT molecular complexity index is 933. The number of carboxylic acid groups (broad SMARTS) is 1. The summed E-state index contributed by atoms with van der Waals surface area (Å²) in [6.45, 7) is 2.43. The standard InChI is InChI=1S/C19H18INO4/c1-3-25-17-8-11(4-7-16(17)24-2)19-14(10-18(22)23)13-9-12(20)5-6-15(13)21-19/h4-9,21H,3,10H2,1-2H3,(H,22,23). The van der Waals surface area contributed by atoms with Gasteiger partial charge in [-0.1, -0.05) is 0 Å². The summed E-state index contributed by atoms with van der Waals surface area (Å²) in [6, 6.07) is 11.6. The van der Waals surface area contributed by atoms with E-state index in [4.69, 9.17) is 9.47 Å². The number of aromatic nitrogens is 1. The minimum Gasteiger partial charge on any atom is -0.493 e. The topological polar surface area (TPSA) is 71.6 Å². The number of aliphatic carboxylic acids is 1. The summed E-state index contributed by atoms with van der Waals surface area (Å²) in [5, 5.41) is 10.3. The van der Waals surface area contributed by atoms with E-state index in [9.17, 15) is 9.90 Å². The molecule has 1 aromatic heterocycles. The smallest absolute Gasteiger partial charge is 0.307 e. The molecule has 0 aliphatic carbocycles. The monoisotopic (exact) mass is 451 g/mol. The molecule has 0 spiro atoms. The molecule has 0 fully saturated rings. The fraction of sp³-hybridized carbons (Fsp3) is 0.211. The second-order valence-electron chi connectivity index (χ2n) is 5.54. The van der Waals surface area contributed by atoms with Gasteiger partial charge in [0.25, 0.3) is 0 Å². The summed E-state index contributed by atoms with van der Waals surface area (Å²) in [5.74, 6) is 0.424. The Balaban J connectivity index is 2.20. The summed E-state index contributed by atoms with van der Waals surface area (Å²) < 4.78 is 12.0. The molecule has 0 atom stereocenters. The van der Waals surface area contributed by atoms with Crippen molar-refractivity contribution in [2.45, 2.75) is 13.3 Å². The van der Waals surface area contributed by atoms with E-state index in [-0.39, 0.29) is 6.42 Å². The van der Waals surface area contributed by atoms with E-state index < -0.39 is 5.97 Å². The van der Waals surface area contributed by atoms with Crippen LogP contribution in [0.1, 0.15) is 12.5 Å². The fourth-order valence-electron chi connectivity index (χ4n) is 2.90. The van der Waals surface area contributed by atoms with Crippen molar-refractivity contribution in [3.05, 3.63) is 45.5 Å². The lowest BCUT2D eigenvalue weighted by Crippen LogP contribution is -2.01. The van der Waals surface area contributed by atoms with Crippen LogP contribution in [0.3, 0.4) is 0 Å². The van der Waals surface area contributed by atoms with E-state index >= 15 is 0 Å². The van der Waals surface area contributed by atoms with Crippen molar-refractivity contribution >= 4 is 39.5 Å². The van der Waals surface area contributed by atoms with Crippen molar-refractivity contribution in [2.24, 2.45) is 0 Å². The first-order valence-corrected chi connectivity index (χ1v) is 8.94. The Morgan fingerprint density at radius 2 is 2.00 bits per heavy atom. The molecule has 0 saturated heterocycles. The molecule has 2 N–H and O–H groups in total. The summed E-state index contributed by atoms with van der Waals surface area (Å²) in [5.41, 5.74) is 3.35. The molecule has 0 unspecified atom stereocenters. The van der Waals surface area contributed by atoms with Gasteiger partial charge in [-0.25, -0.2) is 0 Å². The Morgan fingerprint density at radius 1 is 1.20 bits per heavy atom. The van der Waals surface area contributed by atoms with Crippen LogP contribution in [0.4, 0.5) is 0 Å². The molecule has 0 amide bonds. The Hall–Kier alpha value is -2.22. The van der Waals surface area contributed by atoms with Crippen molar-refractivity contribution in [3.63, 3.8) is 0 Å². The minimum absolute atomic E-state index is 0.0502. The van der Waals surface area contributed by atoms with E-state index in [1.165, 1.54) is 0 Å². The molecular formula is C19H18INO4. The van der Waals surface area contributed by atoms with Crippen molar-refractivity contribution in [1.29, 1.82) is 0 Å². The third-order valence-electron chi connectivity index (χ3n) is 3.95. The average Bonchev–Trinajstić information content (AvgIpc) is 2.92. The van der Waals surface area contributed by atoms with Crippen LogP contribution >= 0.6 is 22.6 Å². The Labute approximate surface area is 159 Å². The number of H-pyrrole nitrogens is 1. The highest BCUT2D eigenvalue weighted by molar-refractivity contribution is 14.1. The molecule has 130 valence electrons. The minimum atomic E-state index is -0.862. The van der Waals surface area contributed by atoms with Crippen LogP contribution < -0.4 is 9.47 Å². The van der Waals surface area contributed by atoms with Crippen LogP contribution in [0, 0.1) is 3.57 Å². The predicted octanol–water partition coefficient (Wildman–Crippen LogP) is 4.47. The number of carboxylic acids is 1. The van der Waals surface area contributed by atoms with Gasteiger partial charge < -0.3 is 19.6 Å². The third-order valence-corrected chi connectivity index (χ3v) is 4.62. The Morgan fingerprint density at radius 3 is 2.68 bits per heavy atom. The van der Waals surface area contributed by atoms with Crippen molar-refractivity contribution < 1.29 is 19.4 Å². The molecule has 0 aliphatic heterocycles. The van der Waals surface area contributed by atoms with Gasteiger partial charge in [0.15, 0.2) is 11.5 Å². The van der Waals surface area contributed by atoms with Crippen LogP contribution in [-0.4, -0.2) is 29.8 Å². The lowest BCUT2D eigenvalue weighted by Gasteiger charge is -2.11. The molecule has 0 aliphatic rings. The van der Waals surface area contributed by atoms with Gasteiger partial charge in [0.05, 0.1) is 25.8 Å². The molecule has 0 radical (unpaired) electrons. The Kier molecular flexibility index (Phi) is 5.17. The molecule has 3 aromatic rings. The number of hydrogen-bond donors (Lipinski definition) is 2. The van der Waals surface area contributed by atoms with E-state index in [0.717, 1.165) is 31.3 Å². The summed E-state index contributed by atoms with van der Waals surface area (Å²) in [7, 11) is 1.60. The number of benzene rings is 2. The zero-order valence-corrected chi connectivity index (χ0v) is 16.1. The van der Waals surface area contributed by atoms with E-state index in [0.29, 0.717) is 18.1 Å². The van der Waals surface area contributed by atoms with Crippen LogP contribution in [0.2, 0.25) is 0 Å². The maximum absolute atomic E-state index is 11.4. The van der Waals surface area contributed by atoms with Gasteiger partial charge in [-0.3, -0.25) is 4.79 Å². The summed E-state index contributed by atoms with van der Waals surface area (Å²) >= 11 is 2.23. The number of methoxy groups -OCH3 is 1. The maximum atomic E-state index is 11.4. The molecule has 0 saturated carbocycles. The number of halogens is 1. The quantitative estimate of drug-likeness (QED) is 0.543. The largest absolute Gasteiger partial charge is 0.493 e. The molecule has 6 heteroatoms. The van der Waals surface area contributed by atoms with Crippen LogP contribution in [0.5, 0.6) is 11.5 Å². The van der Waals surface area contributed by atoms with Gasteiger partial charge in [0.1, 0.15) is 0 Å². The van der Waals surface area contributed by atoms with Crippen LogP contribution in [0.25, 0.3) is 22.2 Å². The lowest BCUT2D eigenvalue weighted by atomic mass is 10.0. The van der Waals surface area contributed by atoms with Crippen molar-refractivity contribution in [3.8, 4) is 22.8 Å². The first kappa shape index (κ1) is 17.6. The molecule has 0 bridgehead atoms. The molecule has 25 heavy (non-hydrogen) atoms. The highest BCUT2D eigenvalue weighted by Crippen LogP contribution is 2.36. The predicted molar refractivity (Wildman–Crippen MR) is 106 cm³/mol. The third kappa shape index (κ3) is 3.58. The first-order valence-electron chi connectivity index (χ1n) is 7.86. The van der Waals surface area contributed by atoms with Gasteiger partial charge in [-0.05, 0) is 71.5 Å². The molecule has 2 aromatic carbocycles. The summed E-state index contributed by atoms with van der Waals surface area (Å²) in [6.07, 6.45) is -0.0502. The number of ether oxygens (including phenoxy) is 2. The molecule has 3 rings (SSSR count). The van der Waals surface area contributed by atoms with Gasteiger partial charge in [0, 0.05) is 20.0 Å². The fourth-order valence-corrected chi connectivity index (χ4v) is 3.39. The van der Waals surface area contributed by atoms with Gasteiger partial charge in [-0.2, -0.15) is 0 Å². The molecule has 1 heterocycles. The maximum Gasteiger partial charge on any atom is 0.307 e. The summed E-state index contributed by atoms with van der Waals surface area (Å²) in [4.78, 5) is 14.7. The van der Waals surface area contributed by atoms with Crippen molar-refractivity contribution in [2.75, 3.05) is 13.7 Å². The van der Waals surface area contributed by atoms with E-state index in [1.54, 1.807) is 7.11 Å². The number of rotatable bonds is 6. The van der Waals surface area contributed by atoms with Gasteiger partial charge >= 0.3 is 5.97 Å². The number of fused-ring (bicyclic) bond motifs is 1. The number of carbonyl (C=O) groups is 1. The normalized spacial score (nSPS) is 10.8. The van der Waals surface area contributed by atoms with E-state index in [1.807, 2.05) is 43.3 Å². The molecule has 5 nitrogen and oxygen atoms in total. The number of aromatic amines is 1. The zero-order chi connectivity index (χ0) is 18.0. The second-order valence-corrected chi connectivity index (χ2v) is 6.78. The number of hydrogen-bond acceptors (Lipinski definition) is 3. The number of nitrogens with one attached hydrogen (secondary N) is 1.